The van der Waals surface area contributed by atoms with Gasteiger partial charge >= 0.3 is 5.97 Å². The molecule has 134 valence electrons. The summed E-state index contributed by atoms with van der Waals surface area (Å²) in [6, 6.07) is 5.12. The summed E-state index contributed by atoms with van der Waals surface area (Å²) in [6.45, 7) is 5.58. The van der Waals surface area contributed by atoms with Crippen LogP contribution in [-0.4, -0.2) is 28.1 Å². The molecule has 0 amide bonds. The van der Waals surface area contributed by atoms with Crippen LogP contribution in [-0.2, 0) is 9.53 Å². The molecule has 1 saturated carbocycles. The van der Waals surface area contributed by atoms with Gasteiger partial charge in [0.25, 0.3) is 0 Å². The molecule has 25 heavy (non-hydrogen) atoms. The second-order valence-electron chi connectivity index (χ2n) is 6.60. The summed E-state index contributed by atoms with van der Waals surface area (Å²) in [5.74, 6) is -0.357. The van der Waals surface area contributed by atoms with Gasteiger partial charge in [-0.25, -0.2) is 4.79 Å². The Balaban J connectivity index is 2.08. The fourth-order valence-corrected chi connectivity index (χ4v) is 3.96. The lowest BCUT2D eigenvalue weighted by atomic mass is 9.94. The molecule has 0 spiro atoms. The summed E-state index contributed by atoms with van der Waals surface area (Å²) in [4.78, 5) is 14.8. The zero-order valence-electron chi connectivity index (χ0n) is 14.3. The fourth-order valence-electron chi connectivity index (χ4n) is 3.04. The van der Waals surface area contributed by atoms with Crippen molar-refractivity contribution in [3.8, 4) is 0 Å². The van der Waals surface area contributed by atoms with Crippen molar-refractivity contribution in [1.29, 1.82) is 0 Å². The SMILES string of the molecule is CC1=C(C(=O)OC(C)C)C(c2ccc(Cl)cc2Cl)NC(=S)N1C1CC1. The average molecular weight is 399 g/mol. The van der Waals surface area contributed by atoms with E-state index in [1.807, 2.05) is 31.7 Å². The van der Waals surface area contributed by atoms with Gasteiger partial charge in [0.1, 0.15) is 0 Å². The number of allylic oxidation sites excluding steroid dienone is 1. The quantitative estimate of drug-likeness (QED) is 0.592. The minimum Gasteiger partial charge on any atom is -0.459 e. The smallest absolute Gasteiger partial charge is 0.338 e. The third-order valence-corrected chi connectivity index (χ3v) is 5.15. The van der Waals surface area contributed by atoms with Crippen LogP contribution in [0, 0.1) is 0 Å². The average Bonchev–Trinajstić information content (AvgIpc) is 3.30. The largest absolute Gasteiger partial charge is 0.459 e. The van der Waals surface area contributed by atoms with E-state index in [0.29, 0.717) is 26.8 Å². The molecule has 1 atom stereocenters. The van der Waals surface area contributed by atoms with Crippen LogP contribution < -0.4 is 5.32 Å². The van der Waals surface area contributed by atoms with Crippen molar-refractivity contribution >= 4 is 46.5 Å². The minimum atomic E-state index is -0.460. The van der Waals surface area contributed by atoms with Crippen LogP contribution >= 0.6 is 35.4 Å². The van der Waals surface area contributed by atoms with E-state index in [9.17, 15) is 4.79 Å². The standard InChI is InChI=1S/C18H20Cl2N2O2S/c1-9(2)24-17(23)15-10(3)22(12-5-6-12)18(25)21-16(15)13-7-4-11(19)8-14(13)20/h4,7-9,12,16H,5-6H2,1-3H3,(H,21,25). The summed E-state index contributed by atoms with van der Waals surface area (Å²) >= 11 is 18.0. The predicted octanol–water partition coefficient (Wildman–Crippen LogP) is 4.61. The topological polar surface area (TPSA) is 41.6 Å². The summed E-state index contributed by atoms with van der Waals surface area (Å²) in [7, 11) is 0. The van der Waals surface area contributed by atoms with Crippen molar-refractivity contribution in [2.24, 2.45) is 0 Å². The van der Waals surface area contributed by atoms with E-state index in [1.165, 1.54) is 0 Å². The van der Waals surface area contributed by atoms with Crippen molar-refractivity contribution in [2.75, 3.05) is 0 Å². The highest BCUT2D eigenvalue weighted by Crippen LogP contribution is 2.40. The number of carbonyl (C=O) groups is 1. The van der Waals surface area contributed by atoms with Crippen LogP contribution in [0.3, 0.4) is 0 Å². The van der Waals surface area contributed by atoms with Crippen molar-refractivity contribution < 1.29 is 9.53 Å². The lowest BCUT2D eigenvalue weighted by Gasteiger charge is -2.38. The number of carbonyl (C=O) groups excluding carboxylic acids is 1. The number of halogens is 2. The predicted molar refractivity (Wildman–Crippen MR) is 104 cm³/mol. The number of hydrogen-bond acceptors (Lipinski definition) is 3. The molecule has 1 N–H and O–H groups in total. The maximum Gasteiger partial charge on any atom is 0.338 e. The molecule has 0 aromatic heterocycles. The molecule has 0 bridgehead atoms. The van der Waals surface area contributed by atoms with Crippen LogP contribution in [0.25, 0.3) is 0 Å². The van der Waals surface area contributed by atoms with Crippen molar-refractivity contribution in [2.45, 2.75) is 51.8 Å². The lowest BCUT2D eigenvalue weighted by Crippen LogP contribution is -2.49. The second-order valence-corrected chi connectivity index (χ2v) is 7.83. The molecular formula is C18H20Cl2N2O2S. The zero-order chi connectivity index (χ0) is 18.3. The molecule has 1 heterocycles. The highest BCUT2D eigenvalue weighted by Gasteiger charge is 2.41. The first kappa shape index (κ1) is 18.5. The summed E-state index contributed by atoms with van der Waals surface area (Å²) in [5, 5.41) is 4.90. The summed E-state index contributed by atoms with van der Waals surface area (Å²) in [6.07, 6.45) is 1.92. The molecule has 1 aromatic rings. The molecule has 3 rings (SSSR count). The third kappa shape index (κ3) is 3.78. The molecule has 4 nitrogen and oxygen atoms in total. The maximum absolute atomic E-state index is 12.8. The summed E-state index contributed by atoms with van der Waals surface area (Å²) in [5.41, 5.74) is 2.12. The maximum atomic E-state index is 12.8. The van der Waals surface area contributed by atoms with Gasteiger partial charge in [-0.1, -0.05) is 29.3 Å². The number of nitrogens with zero attached hydrogens (tertiary/aromatic N) is 1. The lowest BCUT2D eigenvalue weighted by molar-refractivity contribution is -0.143. The minimum absolute atomic E-state index is 0.211. The number of rotatable bonds is 4. The van der Waals surface area contributed by atoms with E-state index in [-0.39, 0.29) is 12.1 Å². The van der Waals surface area contributed by atoms with Crippen LogP contribution in [0.15, 0.2) is 29.5 Å². The van der Waals surface area contributed by atoms with Crippen LogP contribution in [0.1, 0.15) is 45.2 Å². The van der Waals surface area contributed by atoms with E-state index in [1.54, 1.807) is 12.1 Å². The van der Waals surface area contributed by atoms with Crippen molar-refractivity contribution in [3.63, 3.8) is 0 Å². The van der Waals surface area contributed by atoms with Gasteiger partial charge in [-0.05, 0) is 63.5 Å². The van der Waals surface area contributed by atoms with Gasteiger partial charge in [0.05, 0.1) is 17.7 Å². The van der Waals surface area contributed by atoms with Gasteiger partial charge < -0.3 is 15.0 Å². The Bertz CT molecular complexity index is 759. The van der Waals surface area contributed by atoms with Gasteiger partial charge in [-0.2, -0.15) is 0 Å². The normalized spacial score (nSPS) is 20.8. The van der Waals surface area contributed by atoms with Crippen molar-refractivity contribution in [3.05, 3.63) is 45.1 Å². The first-order chi connectivity index (χ1) is 11.8. The van der Waals surface area contributed by atoms with E-state index >= 15 is 0 Å². The van der Waals surface area contributed by atoms with Crippen LogP contribution in [0.2, 0.25) is 10.0 Å². The Morgan fingerprint density at radius 3 is 2.60 bits per heavy atom. The first-order valence-electron chi connectivity index (χ1n) is 8.26. The Labute approximate surface area is 163 Å². The number of nitrogens with one attached hydrogen (secondary N) is 1. The molecule has 0 radical (unpaired) electrons. The Morgan fingerprint density at radius 1 is 1.36 bits per heavy atom. The molecule has 2 aliphatic rings. The van der Waals surface area contributed by atoms with Gasteiger partial charge in [0, 0.05) is 21.8 Å². The Hall–Kier alpha value is -1.30. The van der Waals surface area contributed by atoms with Crippen LogP contribution in [0.5, 0.6) is 0 Å². The second kappa shape index (κ2) is 7.14. The molecule has 7 heteroatoms. The summed E-state index contributed by atoms with van der Waals surface area (Å²) < 4.78 is 5.48. The third-order valence-electron chi connectivity index (χ3n) is 4.27. The Kier molecular flexibility index (Phi) is 5.28. The van der Waals surface area contributed by atoms with E-state index < -0.39 is 6.04 Å². The number of esters is 1. The van der Waals surface area contributed by atoms with Gasteiger partial charge in [0.2, 0.25) is 0 Å². The molecule has 1 unspecified atom stereocenters. The highest BCUT2D eigenvalue weighted by molar-refractivity contribution is 7.80. The molecule has 1 aliphatic carbocycles. The number of ether oxygens (including phenoxy) is 1. The van der Waals surface area contributed by atoms with E-state index in [4.69, 9.17) is 40.2 Å². The van der Waals surface area contributed by atoms with Crippen molar-refractivity contribution in [1.82, 2.24) is 10.2 Å². The number of benzene rings is 1. The molecule has 0 saturated heterocycles. The molecule has 1 fully saturated rings. The highest BCUT2D eigenvalue weighted by atomic mass is 35.5. The zero-order valence-corrected chi connectivity index (χ0v) is 16.6. The number of hydrogen-bond donors (Lipinski definition) is 1. The monoisotopic (exact) mass is 398 g/mol. The van der Waals surface area contributed by atoms with Gasteiger partial charge in [0.15, 0.2) is 5.11 Å². The molecule has 1 aliphatic heterocycles. The van der Waals surface area contributed by atoms with Gasteiger partial charge in [-0.3, -0.25) is 0 Å². The number of thiocarbonyl (C=S) groups is 1. The van der Waals surface area contributed by atoms with Gasteiger partial charge in [-0.15, -0.1) is 0 Å². The van der Waals surface area contributed by atoms with Crippen LogP contribution in [0.4, 0.5) is 0 Å². The fraction of sp³-hybridized carbons (Fsp3) is 0.444. The Morgan fingerprint density at radius 2 is 2.04 bits per heavy atom. The first-order valence-corrected chi connectivity index (χ1v) is 9.42. The molecular weight excluding hydrogens is 379 g/mol. The van der Waals surface area contributed by atoms with E-state index in [0.717, 1.165) is 24.1 Å². The van der Waals surface area contributed by atoms with E-state index in [2.05, 4.69) is 5.32 Å². The molecule has 1 aromatic carbocycles.